The highest BCUT2D eigenvalue weighted by molar-refractivity contribution is 7.89. The Labute approximate surface area is 113 Å². The number of nitrogens with one attached hydrogen (secondary N) is 1. The van der Waals surface area contributed by atoms with Gasteiger partial charge in [-0.2, -0.15) is 0 Å². The summed E-state index contributed by atoms with van der Waals surface area (Å²) in [5.41, 5.74) is 0.987. The quantitative estimate of drug-likeness (QED) is 0.632. The average molecular weight is 283 g/mol. The molecule has 1 N–H and O–H groups in total. The van der Waals surface area contributed by atoms with Crippen molar-refractivity contribution in [2.45, 2.75) is 18.7 Å². The van der Waals surface area contributed by atoms with Crippen LogP contribution in [0.4, 0.5) is 0 Å². The van der Waals surface area contributed by atoms with Gasteiger partial charge in [-0.15, -0.1) is 0 Å². The van der Waals surface area contributed by atoms with Gasteiger partial charge in [0.1, 0.15) is 0 Å². The summed E-state index contributed by atoms with van der Waals surface area (Å²) in [7, 11) is -3.54. The fourth-order valence-corrected chi connectivity index (χ4v) is 2.28. The number of ether oxygens (including phenoxy) is 1. The second kappa shape index (κ2) is 7.06. The molecule has 0 aromatic heterocycles. The number of rotatable bonds is 6. The molecule has 19 heavy (non-hydrogen) atoms. The third kappa shape index (κ3) is 5.23. The lowest BCUT2D eigenvalue weighted by atomic mass is 10.2. The zero-order chi connectivity index (χ0) is 14.3. The molecule has 1 aromatic rings. The number of aryl methyl sites for hydroxylation is 1. The summed E-state index contributed by atoms with van der Waals surface area (Å²) in [5.74, 6) is -0.489. The predicted molar refractivity (Wildman–Crippen MR) is 72.1 cm³/mol. The molecule has 0 spiro atoms. The molecule has 1 rings (SSSR count). The Morgan fingerprint density at radius 2 is 1.95 bits per heavy atom. The maximum atomic E-state index is 11.9. The fourth-order valence-electron chi connectivity index (χ4n) is 1.30. The third-order valence-corrected chi connectivity index (χ3v) is 3.70. The Morgan fingerprint density at radius 3 is 2.53 bits per heavy atom. The zero-order valence-electron chi connectivity index (χ0n) is 10.9. The molecule has 0 saturated carbocycles. The molecule has 5 nitrogen and oxygen atoms in total. The van der Waals surface area contributed by atoms with Gasteiger partial charge in [0.05, 0.1) is 11.5 Å². The predicted octanol–water partition coefficient (Wildman–Crippen LogP) is 1.39. The van der Waals surface area contributed by atoms with Gasteiger partial charge in [0.2, 0.25) is 10.0 Å². The fraction of sp³-hybridized carbons (Fsp3) is 0.308. The summed E-state index contributed by atoms with van der Waals surface area (Å²) in [6.07, 6.45) is 2.60. The van der Waals surface area contributed by atoms with Crippen molar-refractivity contribution in [3.8, 4) is 0 Å². The van der Waals surface area contributed by atoms with Crippen molar-refractivity contribution < 1.29 is 17.9 Å². The minimum absolute atomic E-state index is 0.0367. The standard InChI is InChI=1S/C13H17NO4S/c1-3-18-13(15)5-4-10-14-19(16,17)12-8-6-11(2)7-9-12/h4-9,14H,3,10H2,1-2H3/b5-4+. The minimum Gasteiger partial charge on any atom is -0.463 e. The molecule has 0 aliphatic heterocycles. The van der Waals surface area contributed by atoms with Crippen LogP contribution < -0.4 is 4.72 Å². The Kier molecular flexibility index (Phi) is 5.72. The highest BCUT2D eigenvalue weighted by atomic mass is 32.2. The van der Waals surface area contributed by atoms with Crippen molar-refractivity contribution >= 4 is 16.0 Å². The molecule has 0 unspecified atom stereocenters. The number of hydrogen-bond acceptors (Lipinski definition) is 4. The number of benzene rings is 1. The molecule has 0 radical (unpaired) electrons. The first-order valence-electron chi connectivity index (χ1n) is 5.85. The first-order chi connectivity index (χ1) is 8.95. The molecule has 0 saturated heterocycles. The largest absolute Gasteiger partial charge is 0.463 e. The van der Waals surface area contributed by atoms with E-state index in [-0.39, 0.29) is 18.0 Å². The molecule has 0 bridgehead atoms. The van der Waals surface area contributed by atoms with Gasteiger partial charge < -0.3 is 4.74 Å². The molecule has 0 fully saturated rings. The van der Waals surface area contributed by atoms with Gasteiger partial charge in [0, 0.05) is 12.6 Å². The van der Waals surface area contributed by atoms with Crippen LogP contribution in [0.15, 0.2) is 41.3 Å². The van der Waals surface area contributed by atoms with E-state index in [1.165, 1.54) is 24.3 Å². The number of hydrogen-bond donors (Lipinski definition) is 1. The normalized spacial score (nSPS) is 11.7. The molecular weight excluding hydrogens is 266 g/mol. The molecule has 0 aliphatic carbocycles. The van der Waals surface area contributed by atoms with Gasteiger partial charge in [-0.05, 0) is 26.0 Å². The molecule has 0 aliphatic rings. The van der Waals surface area contributed by atoms with Crippen LogP contribution in [0, 0.1) is 6.92 Å². The number of carbonyl (C=O) groups is 1. The summed E-state index contributed by atoms with van der Waals surface area (Å²) in [6.45, 7) is 3.91. The Bertz CT molecular complexity index is 547. The summed E-state index contributed by atoms with van der Waals surface area (Å²) in [4.78, 5) is 11.2. The topological polar surface area (TPSA) is 72.5 Å². The van der Waals surface area contributed by atoms with Crippen LogP contribution in [0.3, 0.4) is 0 Å². The highest BCUT2D eigenvalue weighted by Crippen LogP contribution is 2.09. The maximum absolute atomic E-state index is 11.9. The van der Waals surface area contributed by atoms with E-state index in [1.54, 1.807) is 19.1 Å². The maximum Gasteiger partial charge on any atom is 0.330 e. The monoisotopic (exact) mass is 283 g/mol. The molecule has 6 heteroatoms. The van der Waals surface area contributed by atoms with Crippen molar-refractivity contribution in [1.29, 1.82) is 0 Å². The first kappa shape index (κ1) is 15.4. The number of carbonyl (C=O) groups excluding carboxylic acids is 1. The lowest BCUT2D eigenvalue weighted by Gasteiger charge is -2.04. The lowest BCUT2D eigenvalue weighted by Crippen LogP contribution is -2.23. The van der Waals surface area contributed by atoms with E-state index in [0.29, 0.717) is 0 Å². The molecule has 1 aromatic carbocycles. The van der Waals surface area contributed by atoms with E-state index in [1.807, 2.05) is 6.92 Å². The van der Waals surface area contributed by atoms with Gasteiger partial charge >= 0.3 is 5.97 Å². The van der Waals surface area contributed by atoms with Crippen LogP contribution in [-0.4, -0.2) is 27.5 Å². The summed E-state index contributed by atoms with van der Waals surface area (Å²) in [5, 5.41) is 0. The number of esters is 1. The SMILES string of the molecule is CCOC(=O)/C=C/CNS(=O)(=O)c1ccc(C)cc1. The smallest absolute Gasteiger partial charge is 0.330 e. The molecule has 0 heterocycles. The molecule has 104 valence electrons. The van der Waals surface area contributed by atoms with Crippen molar-refractivity contribution in [2.75, 3.05) is 13.2 Å². The van der Waals surface area contributed by atoms with E-state index < -0.39 is 16.0 Å². The second-order valence-electron chi connectivity index (χ2n) is 3.82. The second-order valence-corrected chi connectivity index (χ2v) is 5.59. The Hall–Kier alpha value is -1.66. The Balaban J connectivity index is 2.57. The zero-order valence-corrected chi connectivity index (χ0v) is 11.7. The van der Waals surface area contributed by atoms with Gasteiger partial charge in [0.15, 0.2) is 0 Å². The van der Waals surface area contributed by atoms with Gasteiger partial charge in [-0.3, -0.25) is 0 Å². The van der Waals surface area contributed by atoms with Crippen LogP contribution in [-0.2, 0) is 19.6 Å². The average Bonchev–Trinajstić information content (AvgIpc) is 2.36. The van der Waals surface area contributed by atoms with E-state index >= 15 is 0 Å². The van der Waals surface area contributed by atoms with E-state index in [0.717, 1.165) is 5.56 Å². The molecular formula is C13H17NO4S. The van der Waals surface area contributed by atoms with E-state index in [9.17, 15) is 13.2 Å². The van der Waals surface area contributed by atoms with Crippen molar-refractivity contribution in [3.05, 3.63) is 42.0 Å². The van der Waals surface area contributed by atoms with Crippen molar-refractivity contribution in [2.24, 2.45) is 0 Å². The summed E-state index contributed by atoms with van der Waals surface area (Å²) < 4.78 is 30.7. The lowest BCUT2D eigenvalue weighted by molar-refractivity contribution is -0.137. The van der Waals surface area contributed by atoms with Crippen molar-refractivity contribution in [3.63, 3.8) is 0 Å². The van der Waals surface area contributed by atoms with Gasteiger partial charge in [-0.25, -0.2) is 17.9 Å². The van der Waals surface area contributed by atoms with Crippen LogP contribution in [0.1, 0.15) is 12.5 Å². The highest BCUT2D eigenvalue weighted by Gasteiger charge is 2.11. The van der Waals surface area contributed by atoms with E-state index in [2.05, 4.69) is 9.46 Å². The molecule has 0 amide bonds. The third-order valence-electron chi connectivity index (χ3n) is 2.26. The van der Waals surface area contributed by atoms with Crippen molar-refractivity contribution in [1.82, 2.24) is 4.72 Å². The van der Waals surface area contributed by atoms with Crippen LogP contribution in [0.25, 0.3) is 0 Å². The summed E-state index contributed by atoms with van der Waals surface area (Å²) >= 11 is 0. The van der Waals surface area contributed by atoms with Crippen LogP contribution in [0.2, 0.25) is 0 Å². The van der Waals surface area contributed by atoms with E-state index in [4.69, 9.17) is 0 Å². The van der Waals surface area contributed by atoms with Gasteiger partial charge in [-0.1, -0.05) is 23.8 Å². The summed E-state index contributed by atoms with van der Waals surface area (Å²) in [6, 6.07) is 6.52. The molecule has 0 atom stereocenters. The minimum atomic E-state index is -3.54. The van der Waals surface area contributed by atoms with Gasteiger partial charge in [0.25, 0.3) is 0 Å². The van der Waals surface area contributed by atoms with Crippen LogP contribution >= 0.6 is 0 Å². The first-order valence-corrected chi connectivity index (χ1v) is 7.33. The van der Waals surface area contributed by atoms with Crippen LogP contribution in [0.5, 0.6) is 0 Å². The Morgan fingerprint density at radius 1 is 1.32 bits per heavy atom. The number of sulfonamides is 1.